The van der Waals surface area contributed by atoms with Crippen molar-refractivity contribution in [2.75, 3.05) is 0 Å². The smallest absolute Gasteiger partial charge is 0.166 e. The number of rotatable bonds is 10. The molecule has 0 aliphatic rings. The standard InChI is InChI=1S/C28H30F4/c1-3-5-7-9-21-15-17-23(27(31)25(21)29)19-11-13-20(14-12-19)24-18-16-22(10-8-6-4-2)26(30)28(24)32/h11-18H,3-10H2,1-2H3. The second-order valence-corrected chi connectivity index (χ2v) is 8.29. The summed E-state index contributed by atoms with van der Waals surface area (Å²) >= 11 is 0. The van der Waals surface area contributed by atoms with E-state index < -0.39 is 23.3 Å². The first-order valence-electron chi connectivity index (χ1n) is 11.5. The highest BCUT2D eigenvalue weighted by Crippen LogP contribution is 2.31. The number of hydrogen-bond acceptors (Lipinski definition) is 0. The minimum atomic E-state index is -0.875. The fourth-order valence-corrected chi connectivity index (χ4v) is 3.97. The average Bonchev–Trinajstić information content (AvgIpc) is 2.80. The number of halogens is 4. The summed E-state index contributed by atoms with van der Waals surface area (Å²) in [6.07, 6.45) is 6.63. The SMILES string of the molecule is CCCCCc1ccc(-c2ccc(-c3ccc(CCCCC)c(F)c3F)cc2)c(F)c1F. The molecule has 0 saturated carbocycles. The first-order valence-corrected chi connectivity index (χ1v) is 11.5. The first-order chi connectivity index (χ1) is 15.5. The predicted octanol–water partition coefficient (Wildman–Crippen LogP) is 9.04. The van der Waals surface area contributed by atoms with E-state index in [9.17, 15) is 17.6 Å². The molecule has 0 saturated heterocycles. The van der Waals surface area contributed by atoms with Crippen LogP contribution in [0.15, 0.2) is 48.5 Å². The topological polar surface area (TPSA) is 0 Å². The fourth-order valence-electron chi connectivity index (χ4n) is 3.97. The molecular weight excluding hydrogens is 412 g/mol. The van der Waals surface area contributed by atoms with E-state index in [4.69, 9.17) is 0 Å². The maximum atomic E-state index is 14.7. The van der Waals surface area contributed by atoms with Crippen molar-refractivity contribution in [3.05, 3.63) is 82.9 Å². The van der Waals surface area contributed by atoms with E-state index in [1.807, 2.05) is 0 Å². The maximum Gasteiger partial charge on any atom is 0.166 e. The molecule has 0 N–H and O–H groups in total. The number of hydrogen-bond donors (Lipinski definition) is 0. The van der Waals surface area contributed by atoms with Crippen molar-refractivity contribution in [1.29, 1.82) is 0 Å². The number of benzene rings is 3. The maximum absolute atomic E-state index is 14.7. The van der Waals surface area contributed by atoms with E-state index >= 15 is 0 Å². The molecule has 3 aromatic carbocycles. The molecule has 32 heavy (non-hydrogen) atoms. The van der Waals surface area contributed by atoms with E-state index in [0.29, 0.717) is 35.1 Å². The van der Waals surface area contributed by atoms with Crippen LogP contribution in [0.25, 0.3) is 22.3 Å². The molecule has 170 valence electrons. The van der Waals surface area contributed by atoms with Crippen molar-refractivity contribution in [2.24, 2.45) is 0 Å². The van der Waals surface area contributed by atoms with Gasteiger partial charge in [0.05, 0.1) is 0 Å². The summed E-state index contributed by atoms with van der Waals surface area (Å²) < 4.78 is 58.4. The molecule has 4 heteroatoms. The third-order valence-electron chi connectivity index (χ3n) is 5.93. The van der Waals surface area contributed by atoms with Crippen molar-refractivity contribution in [1.82, 2.24) is 0 Å². The zero-order valence-corrected chi connectivity index (χ0v) is 18.8. The Hall–Kier alpha value is -2.62. The van der Waals surface area contributed by atoms with Gasteiger partial charge in [0.15, 0.2) is 23.3 Å². The highest BCUT2D eigenvalue weighted by molar-refractivity contribution is 5.71. The quantitative estimate of drug-likeness (QED) is 0.217. The minimum Gasteiger partial charge on any atom is -0.203 e. The lowest BCUT2D eigenvalue weighted by atomic mass is 9.96. The van der Waals surface area contributed by atoms with Gasteiger partial charge in [-0.2, -0.15) is 0 Å². The van der Waals surface area contributed by atoms with Gasteiger partial charge in [0, 0.05) is 11.1 Å². The van der Waals surface area contributed by atoms with Crippen LogP contribution in [0, 0.1) is 23.3 Å². The van der Waals surface area contributed by atoms with Crippen molar-refractivity contribution in [3.8, 4) is 22.3 Å². The average molecular weight is 443 g/mol. The fraction of sp³-hybridized carbons (Fsp3) is 0.357. The molecule has 3 aromatic rings. The molecule has 0 radical (unpaired) electrons. The van der Waals surface area contributed by atoms with Crippen molar-refractivity contribution in [2.45, 2.75) is 65.2 Å². The highest BCUT2D eigenvalue weighted by Gasteiger charge is 2.17. The Balaban J connectivity index is 1.82. The monoisotopic (exact) mass is 442 g/mol. The normalized spacial score (nSPS) is 11.2. The summed E-state index contributed by atoms with van der Waals surface area (Å²) in [6, 6.07) is 12.9. The minimum absolute atomic E-state index is 0.159. The second kappa shape index (κ2) is 11.3. The molecular formula is C28H30F4. The molecule has 0 amide bonds. The largest absolute Gasteiger partial charge is 0.203 e. The molecule has 0 unspecified atom stereocenters. The van der Waals surface area contributed by atoms with Gasteiger partial charge in [-0.05, 0) is 47.9 Å². The molecule has 3 rings (SSSR count). The molecule has 0 aliphatic heterocycles. The van der Waals surface area contributed by atoms with Gasteiger partial charge in [-0.3, -0.25) is 0 Å². The third kappa shape index (κ3) is 5.40. The Morgan fingerprint density at radius 1 is 0.469 bits per heavy atom. The molecule has 0 fully saturated rings. The van der Waals surface area contributed by atoms with Crippen LogP contribution in [0.3, 0.4) is 0 Å². The van der Waals surface area contributed by atoms with Crippen LogP contribution in [0.4, 0.5) is 17.6 Å². The van der Waals surface area contributed by atoms with E-state index in [-0.39, 0.29) is 11.1 Å². The summed E-state index contributed by atoms with van der Waals surface area (Å²) in [5, 5.41) is 0. The van der Waals surface area contributed by atoms with Crippen LogP contribution in [0.2, 0.25) is 0 Å². The zero-order valence-electron chi connectivity index (χ0n) is 18.8. The lowest BCUT2D eigenvalue weighted by Gasteiger charge is -2.11. The van der Waals surface area contributed by atoms with E-state index in [0.717, 1.165) is 38.5 Å². The van der Waals surface area contributed by atoms with Crippen LogP contribution in [0.1, 0.15) is 63.5 Å². The molecule has 0 nitrogen and oxygen atoms in total. The van der Waals surface area contributed by atoms with Gasteiger partial charge in [-0.25, -0.2) is 17.6 Å². The second-order valence-electron chi connectivity index (χ2n) is 8.29. The van der Waals surface area contributed by atoms with Crippen LogP contribution in [-0.2, 0) is 12.8 Å². The van der Waals surface area contributed by atoms with E-state index in [1.165, 1.54) is 0 Å². The lowest BCUT2D eigenvalue weighted by Crippen LogP contribution is -1.98. The van der Waals surface area contributed by atoms with Gasteiger partial charge in [0.25, 0.3) is 0 Å². The van der Waals surface area contributed by atoms with Crippen LogP contribution >= 0.6 is 0 Å². The summed E-state index contributed by atoms with van der Waals surface area (Å²) in [7, 11) is 0. The lowest BCUT2D eigenvalue weighted by molar-refractivity contribution is 0.498. The van der Waals surface area contributed by atoms with Crippen molar-refractivity contribution < 1.29 is 17.6 Å². The van der Waals surface area contributed by atoms with Gasteiger partial charge in [-0.1, -0.05) is 88.1 Å². The van der Waals surface area contributed by atoms with Crippen LogP contribution in [-0.4, -0.2) is 0 Å². The third-order valence-corrected chi connectivity index (χ3v) is 5.93. The summed E-state index contributed by atoms with van der Waals surface area (Å²) in [6.45, 7) is 4.12. The molecule has 0 aliphatic carbocycles. The Morgan fingerprint density at radius 3 is 1.19 bits per heavy atom. The Kier molecular flexibility index (Phi) is 8.49. The molecule has 0 atom stereocenters. The van der Waals surface area contributed by atoms with Gasteiger partial charge in [0.2, 0.25) is 0 Å². The highest BCUT2D eigenvalue weighted by atomic mass is 19.2. The van der Waals surface area contributed by atoms with Gasteiger partial charge in [-0.15, -0.1) is 0 Å². The zero-order chi connectivity index (χ0) is 23.1. The summed E-state index contributed by atoms with van der Waals surface area (Å²) in [4.78, 5) is 0. The summed E-state index contributed by atoms with van der Waals surface area (Å²) in [5.74, 6) is -3.37. The Morgan fingerprint density at radius 2 is 0.844 bits per heavy atom. The Labute approximate surface area is 188 Å². The Bertz CT molecular complexity index is 954. The van der Waals surface area contributed by atoms with E-state index in [2.05, 4.69) is 13.8 Å². The van der Waals surface area contributed by atoms with Crippen molar-refractivity contribution in [3.63, 3.8) is 0 Å². The van der Waals surface area contributed by atoms with Crippen LogP contribution < -0.4 is 0 Å². The van der Waals surface area contributed by atoms with Crippen molar-refractivity contribution >= 4 is 0 Å². The van der Waals surface area contributed by atoms with Crippen LogP contribution in [0.5, 0.6) is 0 Å². The van der Waals surface area contributed by atoms with Gasteiger partial charge in [0.1, 0.15) is 0 Å². The van der Waals surface area contributed by atoms with Gasteiger partial charge < -0.3 is 0 Å². The number of unbranched alkanes of at least 4 members (excludes halogenated alkanes) is 4. The predicted molar refractivity (Wildman–Crippen MR) is 124 cm³/mol. The first kappa shape index (κ1) is 24.0. The molecule has 0 heterocycles. The van der Waals surface area contributed by atoms with Gasteiger partial charge >= 0.3 is 0 Å². The summed E-state index contributed by atoms with van der Waals surface area (Å²) in [5.41, 5.74) is 2.06. The molecule has 0 spiro atoms. The molecule has 0 bridgehead atoms. The molecule has 0 aromatic heterocycles. The number of aryl methyl sites for hydroxylation is 2. The van der Waals surface area contributed by atoms with E-state index in [1.54, 1.807) is 48.5 Å².